The second-order valence-corrected chi connectivity index (χ2v) is 10.4. The molecule has 1 atom stereocenters. The van der Waals surface area contributed by atoms with Gasteiger partial charge in [0, 0.05) is 36.3 Å². The molecule has 154 valence electrons. The van der Waals surface area contributed by atoms with E-state index >= 15 is 0 Å². The lowest BCUT2D eigenvalue weighted by Crippen LogP contribution is -2.38. The van der Waals surface area contributed by atoms with Gasteiger partial charge >= 0.3 is 0 Å². The molecule has 1 fully saturated rings. The summed E-state index contributed by atoms with van der Waals surface area (Å²) in [7, 11) is -3.18. The summed E-state index contributed by atoms with van der Waals surface area (Å²) >= 11 is 7.65. The van der Waals surface area contributed by atoms with Gasteiger partial charge in [0.05, 0.1) is 12.8 Å². The van der Waals surface area contributed by atoms with Crippen molar-refractivity contribution in [3.8, 4) is 0 Å². The number of aromatic nitrogens is 4. The second kappa shape index (κ2) is 8.39. The number of nitrogens with zero attached hydrogens (tertiary/aromatic N) is 5. The van der Waals surface area contributed by atoms with Crippen LogP contribution in [0.1, 0.15) is 29.3 Å². The van der Waals surface area contributed by atoms with E-state index in [0.717, 1.165) is 23.4 Å². The molecule has 1 aliphatic heterocycles. The molecule has 0 spiro atoms. The number of nitrogens with one attached hydrogen (secondary N) is 1. The third-order valence-electron chi connectivity index (χ3n) is 4.81. The Bertz CT molecular complexity index is 1100. The van der Waals surface area contributed by atoms with Crippen LogP contribution in [-0.4, -0.2) is 52.0 Å². The lowest BCUT2D eigenvalue weighted by Gasteiger charge is -2.29. The van der Waals surface area contributed by atoms with Crippen LogP contribution in [0.4, 0.5) is 10.9 Å². The molecular formula is C18H21ClN6O2S2. The Morgan fingerprint density at radius 3 is 2.90 bits per heavy atom. The number of hydrogen-bond donors (Lipinski definition) is 1. The zero-order valence-electron chi connectivity index (χ0n) is 15.8. The average Bonchev–Trinajstić information content (AvgIpc) is 3.33. The highest BCUT2D eigenvalue weighted by molar-refractivity contribution is 7.88. The summed E-state index contributed by atoms with van der Waals surface area (Å²) in [5.74, 6) is 0.741. The summed E-state index contributed by atoms with van der Waals surface area (Å²) in [6.07, 6.45) is 4.86. The minimum absolute atomic E-state index is 0.0734. The summed E-state index contributed by atoms with van der Waals surface area (Å²) in [5.41, 5.74) is 0.995. The molecule has 1 aromatic carbocycles. The first kappa shape index (κ1) is 20.3. The van der Waals surface area contributed by atoms with E-state index in [2.05, 4.69) is 20.6 Å². The van der Waals surface area contributed by atoms with E-state index in [9.17, 15) is 8.42 Å². The van der Waals surface area contributed by atoms with Crippen LogP contribution < -0.4 is 5.32 Å². The first-order chi connectivity index (χ1) is 13.9. The van der Waals surface area contributed by atoms with Gasteiger partial charge in [-0.15, -0.1) is 10.2 Å². The summed E-state index contributed by atoms with van der Waals surface area (Å²) in [6, 6.07) is 9.54. The summed E-state index contributed by atoms with van der Waals surface area (Å²) < 4.78 is 27.0. The zero-order valence-corrected chi connectivity index (χ0v) is 18.2. The Kier molecular flexibility index (Phi) is 5.86. The van der Waals surface area contributed by atoms with Crippen molar-refractivity contribution in [3.63, 3.8) is 0 Å². The van der Waals surface area contributed by atoms with Gasteiger partial charge < -0.3 is 5.32 Å². The first-order valence-corrected chi connectivity index (χ1v) is 12.2. The van der Waals surface area contributed by atoms with E-state index in [1.165, 1.54) is 21.9 Å². The van der Waals surface area contributed by atoms with Crippen molar-refractivity contribution < 1.29 is 8.42 Å². The number of hydrogen-bond acceptors (Lipinski definition) is 7. The van der Waals surface area contributed by atoms with Crippen molar-refractivity contribution in [3.05, 3.63) is 52.1 Å². The number of anilines is 2. The Morgan fingerprint density at radius 1 is 1.28 bits per heavy atom. The first-order valence-electron chi connectivity index (χ1n) is 9.21. The fourth-order valence-electron chi connectivity index (χ4n) is 3.32. The normalized spacial score (nSPS) is 18.1. The van der Waals surface area contributed by atoms with Crippen LogP contribution in [-0.2, 0) is 16.6 Å². The predicted molar refractivity (Wildman–Crippen MR) is 114 cm³/mol. The van der Waals surface area contributed by atoms with Crippen LogP contribution in [0.25, 0.3) is 0 Å². The summed E-state index contributed by atoms with van der Waals surface area (Å²) in [5, 5.41) is 18.3. The molecule has 11 heteroatoms. The standard InChI is InChI=1S/C18H21ClN6O2S2/c1-29(26,27)25-9-4-6-14(12-25)17-21-22-18(28-17)20-16-8-10-24(23-16)11-13-5-2-3-7-15(13)19/h2-3,5,7-8,10,14H,4,6,9,11-12H2,1H3,(H,20,22,23)/t14-/m0/s1. The number of rotatable bonds is 6. The molecule has 29 heavy (non-hydrogen) atoms. The molecule has 1 N–H and O–H groups in total. The average molecular weight is 453 g/mol. The van der Waals surface area contributed by atoms with Crippen molar-refractivity contribution in [2.75, 3.05) is 24.7 Å². The number of sulfonamides is 1. The van der Waals surface area contributed by atoms with Crippen LogP contribution >= 0.6 is 22.9 Å². The smallest absolute Gasteiger partial charge is 0.211 e. The van der Waals surface area contributed by atoms with E-state index in [1.54, 1.807) is 4.68 Å². The molecule has 0 radical (unpaired) electrons. The Hall–Kier alpha value is -2.01. The van der Waals surface area contributed by atoms with Gasteiger partial charge in [0.1, 0.15) is 5.01 Å². The molecule has 8 nitrogen and oxygen atoms in total. The topological polar surface area (TPSA) is 93.0 Å². The minimum Gasteiger partial charge on any atom is -0.313 e. The molecule has 0 unspecified atom stereocenters. The van der Waals surface area contributed by atoms with Crippen LogP contribution in [0.5, 0.6) is 0 Å². The third-order valence-corrected chi connectivity index (χ3v) is 7.45. The van der Waals surface area contributed by atoms with Gasteiger partial charge in [-0.1, -0.05) is 41.1 Å². The molecule has 1 saturated heterocycles. The van der Waals surface area contributed by atoms with E-state index < -0.39 is 10.0 Å². The van der Waals surface area contributed by atoms with Crippen LogP contribution in [0.15, 0.2) is 36.5 Å². The quantitative estimate of drug-likeness (QED) is 0.616. The highest BCUT2D eigenvalue weighted by Crippen LogP contribution is 2.32. The van der Waals surface area contributed by atoms with Crippen molar-refractivity contribution in [2.45, 2.75) is 25.3 Å². The van der Waals surface area contributed by atoms with E-state index in [1.807, 2.05) is 36.5 Å². The SMILES string of the molecule is CS(=O)(=O)N1CCC[C@H](c2nnc(Nc3ccn(Cc4ccccc4Cl)n3)s2)C1. The minimum atomic E-state index is -3.18. The van der Waals surface area contributed by atoms with Crippen molar-refractivity contribution in [2.24, 2.45) is 0 Å². The molecule has 0 amide bonds. The lowest BCUT2D eigenvalue weighted by atomic mass is 10.0. The highest BCUT2D eigenvalue weighted by Gasteiger charge is 2.29. The van der Waals surface area contributed by atoms with E-state index in [4.69, 9.17) is 11.6 Å². The largest absolute Gasteiger partial charge is 0.313 e. The van der Waals surface area contributed by atoms with Gasteiger partial charge in [0.25, 0.3) is 0 Å². The molecule has 0 aliphatic carbocycles. The molecule has 0 bridgehead atoms. The van der Waals surface area contributed by atoms with E-state index in [-0.39, 0.29) is 5.92 Å². The highest BCUT2D eigenvalue weighted by atomic mass is 35.5. The van der Waals surface area contributed by atoms with Crippen LogP contribution in [0.3, 0.4) is 0 Å². The zero-order chi connectivity index (χ0) is 20.4. The van der Waals surface area contributed by atoms with Gasteiger partial charge in [-0.25, -0.2) is 12.7 Å². The summed E-state index contributed by atoms with van der Waals surface area (Å²) in [6.45, 7) is 1.61. The number of benzene rings is 1. The predicted octanol–water partition coefficient (Wildman–Crippen LogP) is 3.32. The monoisotopic (exact) mass is 452 g/mol. The Labute approximate surface area is 178 Å². The van der Waals surface area contributed by atoms with Gasteiger partial charge in [0.2, 0.25) is 15.2 Å². The fourth-order valence-corrected chi connectivity index (χ4v) is 5.31. The van der Waals surface area contributed by atoms with Crippen LogP contribution in [0, 0.1) is 0 Å². The maximum absolute atomic E-state index is 11.8. The van der Waals surface area contributed by atoms with Gasteiger partial charge in [-0.2, -0.15) is 5.10 Å². The maximum atomic E-state index is 11.8. The maximum Gasteiger partial charge on any atom is 0.211 e. The Balaban J connectivity index is 1.41. The number of piperidine rings is 1. The molecule has 3 aromatic rings. The molecule has 2 aromatic heterocycles. The fraction of sp³-hybridized carbons (Fsp3) is 0.389. The van der Waals surface area contributed by atoms with Gasteiger partial charge in [-0.3, -0.25) is 4.68 Å². The molecule has 0 saturated carbocycles. The van der Waals surface area contributed by atoms with Gasteiger partial charge in [-0.05, 0) is 24.5 Å². The molecular weight excluding hydrogens is 432 g/mol. The molecule has 1 aliphatic rings. The molecule has 3 heterocycles. The van der Waals surface area contributed by atoms with Crippen molar-refractivity contribution in [1.29, 1.82) is 0 Å². The van der Waals surface area contributed by atoms with Crippen LogP contribution in [0.2, 0.25) is 5.02 Å². The Morgan fingerprint density at radius 2 is 2.10 bits per heavy atom. The third kappa shape index (κ3) is 4.95. The molecule has 4 rings (SSSR count). The second-order valence-electron chi connectivity index (χ2n) is 7.02. The lowest BCUT2D eigenvalue weighted by molar-refractivity contribution is 0.316. The van der Waals surface area contributed by atoms with Crippen molar-refractivity contribution >= 4 is 43.9 Å². The van der Waals surface area contributed by atoms with E-state index in [0.29, 0.717) is 35.6 Å². The van der Waals surface area contributed by atoms with Crippen molar-refractivity contribution in [1.82, 2.24) is 24.3 Å². The number of halogens is 1. The van der Waals surface area contributed by atoms with Gasteiger partial charge in [0.15, 0.2) is 5.82 Å². The summed E-state index contributed by atoms with van der Waals surface area (Å²) in [4.78, 5) is 0.